The Bertz CT molecular complexity index is 684. The zero-order chi connectivity index (χ0) is 14.0. The summed E-state index contributed by atoms with van der Waals surface area (Å²) in [5.74, 6) is -0.633. The molecule has 0 aliphatic rings. The summed E-state index contributed by atoms with van der Waals surface area (Å²) in [6.07, 6.45) is 0.635. The molecule has 0 radical (unpaired) electrons. The van der Waals surface area contributed by atoms with E-state index in [-0.39, 0.29) is 23.5 Å². The van der Waals surface area contributed by atoms with Crippen LogP contribution >= 0.6 is 0 Å². The first-order valence-electron chi connectivity index (χ1n) is 6.03. The molecule has 0 saturated carbocycles. The number of esters is 1. The highest BCUT2D eigenvalue weighted by Gasteiger charge is 2.15. The predicted octanol–water partition coefficient (Wildman–Crippen LogP) is 2.24. The van der Waals surface area contributed by atoms with Crippen molar-refractivity contribution in [1.82, 2.24) is 0 Å². The van der Waals surface area contributed by atoms with Crippen molar-refractivity contribution in [3.05, 3.63) is 39.7 Å². The number of carbonyl (C=O) groups excluding carboxylic acids is 1. The van der Waals surface area contributed by atoms with E-state index in [9.17, 15) is 14.7 Å². The molecule has 0 atom stereocenters. The monoisotopic (exact) mass is 262 g/mol. The molecular weight excluding hydrogens is 248 g/mol. The van der Waals surface area contributed by atoms with E-state index >= 15 is 0 Å². The third-order valence-corrected chi connectivity index (χ3v) is 2.81. The molecule has 0 amide bonds. The van der Waals surface area contributed by atoms with Gasteiger partial charge in [0.05, 0.1) is 6.61 Å². The normalized spacial score (nSPS) is 10.6. The highest BCUT2D eigenvalue weighted by atomic mass is 16.5. The second-order valence-electron chi connectivity index (χ2n) is 4.04. The first kappa shape index (κ1) is 13.1. The van der Waals surface area contributed by atoms with E-state index in [1.807, 2.05) is 6.92 Å². The van der Waals surface area contributed by atoms with Crippen LogP contribution < -0.4 is 5.63 Å². The van der Waals surface area contributed by atoms with Crippen molar-refractivity contribution >= 4 is 16.9 Å². The van der Waals surface area contributed by atoms with Crippen LogP contribution in [0.3, 0.4) is 0 Å². The topological polar surface area (TPSA) is 76.7 Å². The van der Waals surface area contributed by atoms with Gasteiger partial charge in [-0.05, 0) is 31.0 Å². The first-order chi connectivity index (χ1) is 9.06. The molecule has 1 aromatic heterocycles. The molecule has 0 fully saturated rings. The Morgan fingerprint density at radius 3 is 2.68 bits per heavy atom. The van der Waals surface area contributed by atoms with Crippen molar-refractivity contribution in [2.45, 2.75) is 20.3 Å². The Balaban J connectivity index is 2.63. The van der Waals surface area contributed by atoms with Crippen molar-refractivity contribution in [1.29, 1.82) is 0 Å². The number of hydrogen-bond donors (Lipinski definition) is 1. The second kappa shape index (κ2) is 5.14. The summed E-state index contributed by atoms with van der Waals surface area (Å²) in [7, 11) is 0. The fourth-order valence-electron chi connectivity index (χ4n) is 1.84. The predicted molar refractivity (Wildman–Crippen MR) is 69.5 cm³/mol. The van der Waals surface area contributed by atoms with Crippen LogP contribution in [0.5, 0.6) is 5.75 Å². The Morgan fingerprint density at radius 2 is 2.05 bits per heavy atom. The van der Waals surface area contributed by atoms with Crippen LogP contribution in [0.25, 0.3) is 11.0 Å². The summed E-state index contributed by atoms with van der Waals surface area (Å²) in [5, 5.41) is 10.3. The molecule has 1 N–H and O–H groups in total. The van der Waals surface area contributed by atoms with Gasteiger partial charge >= 0.3 is 11.6 Å². The Hall–Kier alpha value is -2.30. The molecule has 0 spiro atoms. The molecule has 19 heavy (non-hydrogen) atoms. The summed E-state index contributed by atoms with van der Waals surface area (Å²) in [5.41, 5.74) is 0.0561. The number of phenols is 1. The standard InChI is InChI=1S/C14H14O5/c1-3-8-5-9-6-10(13(16)18-4-2)14(17)19-12(9)7-11(8)15/h5-7,15H,3-4H2,1-2H3. The van der Waals surface area contributed by atoms with E-state index in [4.69, 9.17) is 9.15 Å². The lowest BCUT2D eigenvalue weighted by Gasteiger charge is -2.05. The minimum atomic E-state index is -0.769. The highest BCUT2D eigenvalue weighted by molar-refractivity contribution is 5.93. The zero-order valence-electron chi connectivity index (χ0n) is 10.7. The first-order valence-corrected chi connectivity index (χ1v) is 6.03. The Labute approximate surface area is 109 Å². The molecule has 0 bridgehead atoms. The van der Waals surface area contributed by atoms with E-state index in [1.54, 1.807) is 13.0 Å². The minimum Gasteiger partial charge on any atom is -0.508 e. The lowest BCUT2D eigenvalue weighted by Crippen LogP contribution is -2.16. The minimum absolute atomic E-state index is 0.0713. The van der Waals surface area contributed by atoms with E-state index in [2.05, 4.69) is 0 Å². The fourth-order valence-corrected chi connectivity index (χ4v) is 1.84. The lowest BCUT2D eigenvalue weighted by molar-refractivity contribution is 0.0522. The molecule has 2 rings (SSSR count). The molecule has 2 aromatic rings. The van der Waals surface area contributed by atoms with Crippen molar-refractivity contribution < 1.29 is 19.1 Å². The average molecular weight is 262 g/mol. The van der Waals surface area contributed by atoms with Gasteiger partial charge in [-0.1, -0.05) is 6.92 Å². The van der Waals surface area contributed by atoms with E-state index < -0.39 is 11.6 Å². The SMILES string of the molecule is CCOC(=O)c1cc2cc(CC)c(O)cc2oc1=O. The van der Waals surface area contributed by atoms with Gasteiger partial charge in [-0.25, -0.2) is 9.59 Å². The third kappa shape index (κ3) is 2.45. The smallest absolute Gasteiger partial charge is 0.351 e. The van der Waals surface area contributed by atoms with Gasteiger partial charge in [-0.2, -0.15) is 0 Å². The van der Waals surface area contributed by atoms with Gasteiger partial charge in [0.2, 0.25) is 0 Å². The molecule has 100 valence electrons. The van der Waals surface area contributed by atoms with E-state index in [0.29, 0.717) is 11.8 Å². The lowest BCUT2D eigenvalue weighted by atomic mass is 10.1. The number of ether oxygens (including phenoxy) is 1. The number of fused-ring (bicyclic) bond motifs is 1. The van der Waals surface area contributed by atoms with Crippen LogP contribution in [0.4, 0.5) is 0 Å². The van der Waals surface area contributed by atoms with Gasteiger partial charge in [-0.3, -0.25) is 0 Å². The maximum atomic E-state index is 11.7. The summed E-state index contributed by atoms with van der Waals surface area (Å²) < 4.78 is 9.81. The Kier molecular flexibility index (Phi) is 3.55. The van der Waals surface area contributed by atoms with Crippen LogP contribution in [-0.2, 0) is 11.2 Å². The van der Waals surface area contributed by atoms with Crippen molar-refractivity contribution in [3.63, 3.8) is 0 Å². The Morgan fingerprint density at radius 1 is 1.32 bits per heavy atom. The summed E-state index contributed by atoms with van der Waals surface area (Å²) in [4.78, 5) is 23.3. The molecule has 1 heterocycles. The molecule has 0 aliphatic heterocycles. The largest absolute Gasteiger partial charge is 0.508 e. The average Bonchev–Trinajstić information content (AvgIpc) is 2.37. The number of benzene rings is 1. The maximum absolute atomic E-state index is 11.7. The van der Waals surface area contributed by atoms with Gasteiger partial charge in [-0.15, -0.1) is 0 Å². The van der Waals surface area contributed by atoms with Crippen LogP contribution in [0, 0.1) is 0 Å². The zero-order valence-corrected chi connectivity index (χ0v) is 10.7. The van der Waals surface area contributed by atoms with Gasteiger partial charge in [0.15, 0.2) is 0 Å². The molecular formula is C14H14O5. The number of aryl methyl sites for hydroxylation is 1. The highest BCUT2D eigenvalue weighted by Crippen LogP contribution is 2.25. The van der Waals surface area contributed by atoms with Crippen LogP contribution in [-0.4, -0.2) is 17.7 Å². The van der Waals surface area contributed by atoms with Gasteiger partial charge in [0.25, 0.3) is 0 Å². The quantitative estimate of drug-likeness (QED) is 0.678. The molecule has 5 heteroatoms. The summed E-state index contributed by atoms with van der Waals surface area (Å²) in [6.45, 7) is 3.74. The van der Waals surface area contributed by atoms with Crippen molar-refractivity contribution in [2.24, 2.45) is 0 Å². The van der Waals surface area contributed by atoms with Gasteiger partial charge in [0.1, 0.15) is 16.9 Å². The number of aromatic hydroxyl groups is 1. The van der Waals surface area contributed by atoms with Gasteiger partial charge in [0, 0.05) is 11.5 Å². The van der Waals surface area contributed by atoms with Crippen LogP contribution in [0.15, 0.2) is 27.4 Å². The van der Waals surface area contributed by atoms with Crippen molar-refractivity contribution in [2.75, 3.05) is 6.61 Å². The van der Waals surface area contributed by atoms with Crippen molar-refractivity contribution in [3.8, 4) is 5.75 Å². The second-order valence-corrected chi connectivity index (χ2v) is 4.04. The maximum Gasteiger partial charge on any atom is 0.351 e. The third-order valence-electron chi connectivity index (χ3n) is 2.81. The number of hydrogen-bond acceptors (Lipinski definition) is 5. The number of rotatable bonds is 3. The fraction of sp³-hybridized carbons (Fsp3) is 0.286. The molecule has 0 aliphatic carbocycles. The van der Waals surface area contributed by atoms with Crippen LogP contribution in [0.2, 0.25) is 0 Å². The molecule has 1 aromatic carbocycles. The molecule has 0 unspecified atom stereocenters. The van der Waals surface area contributed by atoms with E-state index in [0.717, 1.165) is 5.56 Å². The molecule has 5 nitrogen and oxygen atoms in total. The summed E-state index contributed by atoms with van der Waals surface area (Å²) >= 11 is 0. The summed E-state index contributed by atoms with van der Waals surface area (Å²) in [6, 6.07) is 4.50. The molecule has 0 saturated heterocycles. The van der Waals surface area contributed by atoms with E-state index in [1.165, 1.54) is 12.1 Å². The van der Waals surface area contributed by atoms with Crippen LogP contribution in [0.1, 0.15) is 29.8 Å². The number of carbonyl (C=O) groups is 1. The van der Waals surface area contributed by atoms with Gasteiger partial charge < -0.3 is 14.3 Å². The number of phenolic OH excluding ortho intramolecular Hbond substituents is 1.